The molecule has 4 heteroatoms. The fourth-order valence-corrected chi connectivity index (χ4v) is 2.94. The van der Waals surface area contributed by atoms with Gasteiger partial charge in [0, 0.05) is 44.3 Å². The summed E-state index contributed by atoms with van der Waals surface area (Å²) >= 11 is 0. The minimum absolute atomic E-state index is 0.199. The molecule has 0 spiro atoms. The van der Waals surface area contributed by atoms with Crippen molar-refractivity contribution in [3.8, 4) is 11.8 Å². The number of aliphatic hydroxyl groups is 1. The van der Waals surface area contributed by atoms with Crippen LogP contribution in [0.2, 0.25) is 0 Å². The first kappa shape index (κ1) is 14.5. The molecule has 1 saturated carbocycles. The quantitative estimate of drug-likeness (QED) is 0.853. The maximum absolute atomic E-state index is 13.6. The Morgan fingerprint density at radius 3 is 2.57 bits per heavy atom. The van der Waals surface area contributed by atoms with Crippen LogP contribution in [-0.2, 0) is 6.54 Å². The zero-order valence-electron chi connectivity index (χ0n) is 12.2. The third kappa shape index (κ3) is 4.04. The van der Waals surface area contributed by atoms with Gasteiger partial charge in [-0.1, -0.05) is 11.8 Å². The minimum atomic E-state index is -0.258. The number of aliphatic hydroxyl groups excluding tert-OH is 1. The largest absolute Gasteiger partial charge is 0.384 e. The summed E-state index contributed by atoms with van der Waals surface area (Å²) in [5.41, 5.74) is 1.59. The normalized spacial score (nSPS) is 20.1. The van der Waals surface area contributed by atoms with Crippen molar-refractivity contribution in [2.24, 2.45) is 0 Å². The van der Waals surface area contributed by atoms with E-state index in [0.717, 1.165) is 44.3 Å². The van der Waals surface area contributed by atoms with E-state index in [1.807, 2.05) is 6.07 Å². The second-order valence-corrected chi connectivity index (χ2v) is 5.85. The Labute approximate surface area is 125 Å². The second kappa shape index (κ2) is 6.57. The fourth-order valence-electron chi connectivity index (χ4n) is 2.94. The molecule has 0 unspecified atom stereocenters. The van der Waals surface area contributed by atoms with E-state index < -0.39 is 0 Å². The van der Waals surface area contributed by atoms with E-state index in [0.29, 0.717) is 5.56 Å². The van der Waals surface area contributed by atoms with Gasteiger partial charge in [-0.3, -0.25) is 9.80 Å². The molecule has 0 bridgehead atoms. The van der Waals surface area contributed by atoms with Gasteiger partial charge in [0.2, 0.25) is 0 Å². The summed E-state index contributed by atoms with van der Waals surface area (Å²) in [6, 6.07) is 5.75. The van der Waals surface area contributed by atoms with Crippen molar-refractivity contribution in [1.29, 1.82) is 0 Å². The van der Waals surface area contributed by atoms with E-state index in [9.17, 15) is 4.39 Å². The number of hydrogen-bond acceptors (Lipinski definition) is 3. The summed E-state index contributed by atoms with van der Waals surface area (Å²) in [6.45, 7) is 4.91. The van der Waals surface area contributed by atoms with Crippen LogP contribution in [0.5, 0.6) is 0 Å². The van der Waals surface area contributed by atoms with Crippen LogP contribution in [-0.4, -0.2) is 53.7 Å². The van der Waals surface area contributed by atoms with E-state index in [4.69, 9.17) is 5.11 Å². The van der Waals surface area contributed by atoms with Gasteiger partial charge in [0.05, 0.1) is 0 Å². The van der Waals surface area contributed by atoms with Gasteiger partial charge in [0.25, 0.3) is 0 Å². The molecule has 1 aliphatic carbocycles. The zero-order chi connectivity index (χ0) is 14.7. The monoisotopic (exact) mass is 288 g/mol. The van der Waals surface area contributed by atoms with Crippen LogP contribution in [0.3, 0.4) is 0 Å². The van der Waals surface area contributed by atoms with E-state index in [1.54, 1.807) is 6.07 Å². The molecule has 2 fully saturated rings. The Balaban J connectivity index is 1.60. The van der Waals surface area contributed by atoms with Crippen LogP contribution in [0.1, 0.15) is 24.0 Å². The number of benzene rings is 1. The van der Waals surface area contributed by atoms with Crippen molar-refractivity contribution in [2.75, 3.05) is 32.8 Å². The van der Waals surface area contributed by atoms with Gasteiger partial charge in [-0.25, -0.2) is 4.39 Å². The molecule has 1 saturated heterocycles. The number of rotatable bonds is 3. The topological polar surface area (TPSA) is 26.7 Å². The average Bonchev–Trinajstić information content (AvgIpc) is 3.30. The van der Waals surface area contributed by atoms with Crippen LogP contribution in [0.15, 0.2) is 18.2 Å². The summed E-state index contributed by atoms with van der Waals surface area (Å²) in [5, 5.41) is 8.72. The van der Waals surface area contributed by atoms with E-state index in [1.165, 1.54) is 18.9 Å². The van der Waals surface area contributed by atoms with Crippen LogP contribution in [0.4, 0.5) is 4.39 Å². The maximum Gasteiger partial charge on any atom is 0.124 e. The molecule has 21 heavy (non-hydrogen) atoms. The van der Waals surface area contributed by atoms with Crippen LogP contribution in [0.25, 0.3) is 0 Å². The molecule has 0 radical (unpaired) electrons. The molecular weight excluding hydrogens is 267 g/mol. The first-order chi connectivity index (χ1) is 10.2. The van der Waals surface area contributed by atoms with Crippen molar-refractivity contribution in [3.05, 3.63) is 35.1 Å². The van der Waals surface area contributed by atoms with Gasteiger partial charge in [-0.05, 0) is 36.6 Å². The van der Waals surface area contributed by atoms with Crippen molar-refractivity contribution < 1.29 is 9.50 Å². The van der Waals surface area contributed by atoms with Gasteiger partial charge in [0.1, 0.15) is 12.4 Å². The summed E-state index contributed by atoms with van der Waals surface area (Å²) in [4.78, 5) is 4.94. The molecule has 3 nitrogen and oxygen atoms in total. The lowest BCUT2D eigenvalue weighted by atomic mass is 10.1. The SMILES string of the molecule is OCC#Cc1cc(F)cc(CN2CCN(C3CC3)CC2)c1. The smallest absolute Gasteiger partial charge is 0.124 e. The molecular formula is C17H21FN2O. The number of nitrogens with zero attached hydrogens (tertiary/aromatic N) is 2. The summed E-state index contributed by atoms with van der Waals surface area (Å²) in [6.07, 6.45) is 2.72. The molecule has 1 aromatic rings. The van der Waals surface area contributed by atoms with Crippen LogP contribution in [0, 0.1) is 17.7 Å². The van der Waals surface area contributed by atoms with Crippen LogP contribution >= 0.6 is 0 Å². The molecule has 2 aliphatic rings. The Morgan fingerprint density at radius 2 is 1.90 bits per heavy atom. The maximum atomic E-state index is 13.6. The highest BCUT2D eigenvalue weighted by Gasteiger charge is 2.31. The molecule has 0 atom stereocenters. The summed E-state index contributed by atoms with van der Waals surface area (Å²) < 4.78 is 13.6. The molecule has 3 rings (SSSR count). The van der Waals surface area contributed by atoms with Crippen molar-refractivity contribution in [3.63, 3.8) is 0 Å². The van der Waals surface area contributed by atoms with Crippen LogP contribution < -0.4 is 0 Å². The lowest BCUT2D eigenvalue weighted by Crippen LogP contribution is -2.46. The third-order valence-corrected chi connectivity index (χ3v) is 4.15. The van der Waals surface area contributed by atoms with Gasteiger partial charge >= 0.3 is 0 Å². The third-order valence-electron chi connectivity index (χ3n) is 4.15. The first-order valence-corrected chi connectivity index (χ1v) is 7.60. The molecule has 1 N–H and O–H groups in total. The predicted octanol–water partition coefficient (Wildman–Crippen LogP) is 1.45. The minimum Gasteiger partial charge on any atom is -0.384 e. The van der Waals surface area contributed by atoms with Gasteiger partial charge < -0.3 is 5.11 Å². The molecule has 0 aromatic heterocycles. The number of hydrogen-bond donors (Lipinski definition) is 1. The lowest BCUT2D eigenvalue weighted by Gasteiger charge is -2.34. The van der Waals surface area contributed by atoms with Gasteiger partial charge in [-0.2, -0.15) is 0 Å². The zero-order valence-corrected chi connectivity index (χ0v) is 12.2. The first-order valence-electron chi connectivity index (χ1n) is 7.60. The molecule has 1 aromatic carbocycles. The molecule has 1 aliphatic heterocycles. The Hall–Kier alpha value is -1.41. The average molecular weight is 288 g/mol. The summed E-state index contributed by atoms with van der Waals surface area (Å²) in [5.74, 6) is 5.08. The van der Waals surface area contributed by atoms with E-state index in [2.05, 4.69) is 21.6 Å². The Bertz CT molecular complexity index is 552. The summed E-state index contributed by atoms with van der Waals surface area (Å²) in [7, 11) is 0. The van der Waals surface area contributed by atoms with E-state index >= 15 is 0 Å². The Morgan fingerprint density at radius 1 is 1.14 bits per heavy atom. The highest BCUT2D eigenvalue weighted by Crippen LogP contribution is 2.27. The number of halogens is 1. The molecule has 112 valence electrons. The number of piperazine rings is 1. The predicted molar refractivity (Wildman–Crippen MR) is 80.2 cm³/mol. The van der Waals surface area contributed by atoms with Gasteiger partial charge in [-0.15, -0.1) is 0 Å². The second-order valence-electron chi connectivity index (χ2n) is 5.85. The van der Waals surface area contributed by atoms with Crippen molar-refractivity contribution in [1.82, 2.24) is 9.80 Å². The molecule has 1 heterocycles. The van der Waals surface area contributed by atoms with Crippen molar-refractivity contribution in [2.45, 2.75) is 25.4 Å². The van der Waals surface area contributed by atoms with Crippen molar-refractivity contribution >= 4 is 0 Å². The lowest BCUT2D eigenvalue weighted by molar-refractivity contribution is 0.121. The van der Waals surface area contributed by atoms with Gasteiger partial charge in [0.15, 0.2) is 0 Å². The highest BCUT2D eigenvalue weighted by atomic mass is 19.1. The van der Waals surface area contributed by atoms with E-state index in [-0.39, 0.29) is 12.4 Å². The molecule has 0 amide bonds. The standard InChI is InChI=1S/C17H21FN2O/c18-16-11-14(2-1-9-21)10-15(12-16)13-19-5-7-20(8-6-19)17-3-4-17/h10-12,17,21H,3-9,13H2. The fraction of sp³-hybridized carbons (Fsp3) is 0.529. The highest BCUT2D eigenvalue weighted by molar-refractivity contribution is 5.37. The Kier molecular flexibility index (Phi) is 4.54.